The Labute approximate surface area is 119 Å². The van der Waals surface area contributed by atoms with Gasteiger partial charge in [0.25, 0.3) is 0 Å². The maximum atomic E-state index is 12.0. The van der Waals surface area contributed by atoms with Crippen LogP contribution in [0.15, 0.2) is 21.5 Å². The highest BCUT2D eigenvalue weighted by molar-refractivity contribution is 9.10. The van der Waals surface area contributed by atoms with Gasteiger partial charge in [0.2, 0.25) is 10.0 Å². The van der Waals surface area contributed by atoms with E-state index in [0.717, 1.165) is 6.07 Å². The highest BCUT2D eigenvalue weighted by Gasteiger charge is 2.20. The van der Waals surface area contributed by atoms with Crippen molar-refractivity contribution < 1.29 is 18.3 Å². The lowest BCUT2D eigenvalue weighted by molar-refractivity contribution is 0.0696. The van der Waals surface area contributed by atoms with Crippen LogP contribution in [0.2, 0.25) is 0 Å². The van der Waals surface area contributed by atoms with Crippen LogP contribution >= 0.6 is 15.9 Å². The molecule has 0 spiro atoms. The number of halogens is 1. The van der Waals surface area contributed by atoms with E-state index in [9.17, 15) is 13.2 Å². The molecule has 0 bridgehead atoms. The number of aromatic carboxylic acids is 1. The second-order valence-electron chi connectivity index (χ2n) is 3.69. The Morgan fingerprint density at radius 1 is 1.53 bits per heavy atom. The SMILES string of the molecule is Cc1c(Br)cc(C(=O)O)cc1S(=O)(=O)NCCC#N. The molecular formula is C11H11BrN2O4S. The number of nitrogens with one attached hydrogen (secondary N) is 1. The van der Waals surface area contributed by atoms with Crippen molar-refractivity contribution in [3.8, 4) is 6.07 Å². The van der Waals surface area contributed by atoms with Crippen LogP contribution in [0.3, 0.4) is 0 Å². The van der Waals surface area contributed by atoms with E-state index in [1.165, 1.54) is 6.07 Å². The molecule has 6 nitrogen and oxygen atoms in total. The first kappa shape index (κ1) is 15.6. The Balaban J connectivity index is 3.26. The minimum absolute atomic E-state index is 0.0206. The number of nitrogens with zero attached hydrogens (tertiary/aromatic N) is 1. The highest BCUT2D eigenvalue weighted by atomic mass is 79.9. The molecule has 0 amide bonds. The molecule has 2 N–H and O–H groups in total. The lowest BCUT2D eigenvalue weighted by Crippen LogP contribution is -2.25. The zero-order valence-corrected chi connectivity index (χ0v) is 12.4. The molecule has 0 fully saturated rings. The van der Waals surface area contributed by atoms with Crippen molar-refractivity contribution in [1.29, 1.82) is 5.26 Å². The van der Waals surface area contributed by atoms with Gasteiger partial charge in [0, 0.05) is 17.4 Å². The largest absolute Gasteiger partial charge is 0.478 e. The maximum absolute atomic E-state index is 12.0. The fourth-order valence-electron chi connectivity index (χ4n) is 1.38. The van der Waals surface area contributed by atoms with Crippen LogP contribution in [0.4, 0.5) is 0 Å². The van der Waals surface area contributed by atoms with Crippen molar-refractivity contribution in [3.63, 3.8) is 0 Å². The number of carbonyl (C=O) groups is 1. The monoisotopic (exact) mass is 346 g/mol. The van der Waals surface area contributed by atoms with E-state index in [4.69, 9.17) is 10.4 Å². The third-order valence-corrected chi connectivity index (χ3v) is 4.77. The van der Waals surface area contributed by atoms with E-state index in [-0.39, 0.29) is 23.4 Å². The summed E-state index contributed by atoms with van der Waals surface area (Å²) in [6.07, 6.45) is 0.0398. The van der Waals surface area contributed by atoms with Crippen LogP contribution in [0.5, 0.6) is 0 Å². The smallest absolute Gasteiger partial charge is 0.335 e. The van der Waals surface area contributed by atoms with Gasteiger partial charge in [-0.25, -0.2) is 17.9 Å². The Hall–Kier alpha value is -1.43. The summed E-state index contributed by atoms with van der Waals surface area (Å²) in [6, 6.07) is 4.25. The second kappa shape index (κ2) is 6.14. The van der Waals surface area contributed by atoms with Crippen molar-refractivity contribution in [2.24, 2.45) is 0 Å². The molecule has 0 atom stereocenters. The number of carboxylic acid groups (broad SMARTS) is 1. The van der Waals surface area contributed by atoms with Crippen molar-refractivity contribution in [2.75, 3.05) is 6.54 Å². The topological polar surface area (TPSA) is 107 Å². The van der Waals surface area contributed by atoms with E-state index in [1.807, 2.05) is 6.07 Å². The molecule has 0 unspecified atom stereocenters. The second-order valence-corrected chi connectivity index (χ2v) is 6.28. The van der Waals surface area contributed by atoms with Crippen LogP contribution < -0.4 is 4.72 Å². The molecule has 19 heavy (non-hydrogen) atoms. The number of rotatable bonds is 5. The molecule has 8 heteroatoms. The predicted octanol–water partition coefficient (Wildman–Crippen LogP) is 1.65. The van der Waals surface area contributed by atoms with Gasteiger partial charge in [-0.05, 0) is 24.6 Å². The minimum Gasteiger partial charge on any atom is -0.478 e. The van der Waals surface area contributed by atoms with Gasteiger partial charge in [0.15, 0.2) is 0 Å². The Morgan fingerprint density at radius 3 is 2.68 bits per heavy atom. The van der Waals surface area contributed by atoms with Gasteiger partial charge in [-0.15, -0.1) is 0 Å². The zero-order chi connectivity index (χ0) is 14.6. The molecular weight excluding hydrogens is 336 g/mol. The lowest BCUT2D eigenvalue weighted by atomic mass is 10.1. The van der Waals surface area contributed by atoms with Crippen LogP contribution in [0, 0.1) is 18.3 Å². The normalized spacial score (nSPS) is 11.0. The number of hydrogen-bond donors (Lipinski definition) is 2. The molecule has 102 valence electrons. The molecule has 0 aliphatic carbocycles. The molecule has 0 aliphatic rings. The van der Waals surface area contributed by atoms with Crippen LogP contribution in [0.1, 0.15) is 22.3 Å². The summed E-state index contributed by atoms with van der Waals surface area (Å²) in [5.41, 5.74) is 0.285. The first-order valence-electron chi connectivity index (χ1n) is 5.19. The van der Waals surface area contributed by atoms with Gasteiger partial charge in [-0.2, -0.15) is 5.26 Å². The van der Waals surface area contributed by atoms with E-state index in [2.05, 4.69) is 20.7 Å². The van der Waals surface area contributed by atoms with E-state index in [0.29, 0.717) is 10.0 Å². The fourth-order valence-corrected chi connectivity index (χ4v) is 3.29. The van der Waals surface area contributed by atoms with Gasteiger partial charge in [0.05, 0.1) is 16.5 Å². The number of nitriles is 1. The van der Waals surface area contributed by atoms with Crippen molar-refractivity contribution in [1.82, 2.24) is 4.72 Å². The van der Waals surface area contributed by atoms with Gasteiger partial charge in [-0.3, -0.25) is 0 Å². The molecule has 1 aromatic rings. The molecule has 0 heterocycles. The number of carboxylic acids is 1. The predicted molar refractivity (Wildman–Crippen MR) is 71.3 cm³/mol. The summed E-state index contributed by atoms with van der Waals surface area (Å²) >= 11 is 3.13. The first-order chi connectivity index (χ1) is 8.79. The Kier molecular flexibility index (Phi) is 5.05. The summed E-state index contributed by atoms with van der Waals surface area (Å²) in [4.78, 5) is 10.8. The summed E-state index contributed by atoms with van der Waals surface area (Å²) in [5, 5.41) is 17.3. The van der Waals surface area contributed by atoms with E-state index < -0.39 is 16.0 Å². The average Bonchev–Trinajstić information content (AvgIpc) is 2.32. The van der Waals surface area contributed by atoms with Gasteiger partial charge in [0.1, 0.15) is 0 Å². The summed E-state index contributed by atoms with van der Waals surface area (Å²) in [7, 11) is -3.84. The summed E-state index contributed by atoms with van der Waals surface area (Å²) < 4.78 is 26.7. The van der Waals surface area contributed by atoms with Crippen molar-refractivity contribution >= 4 is 31.9 Å². The molecule has 0 aliphatic heterocycles. The summed E-state index contributed by atoms with van der Waals surface area (Å²) in [5.74, 6) is -1.21. The minimum atomic E-state index is -3.84. The van der Waals surface area contributed by atoms with Crippen LogP contribution in [0.25, 0.3) is 0 Å². The number of hydrogen-bond acceptors (Lipinski definition) is 4. The average molecular weight is 347 g/mol. The number of benzene rings is 1. The van der Waals surface area contributed by atoms with Crippen LogP contribution in [-0.4, -0.2) is 26.0 Å². The van der Waals surface area contributed by atoms with E-state index in [1.54, 1.807) is 6.92 Å². The van der Waals surface area contributed by atoms with Gasteiger partial charge in [-0.1, -0.05) is 15.9 Å². The molecule has 0 saturated carbocycles. The summed E-state index contributed by atoms with van der Waals surface area (Å²) in [6.45, 7) is 1.54. The van der Waals surface area contributed by atoms with Gasteiger partial charge >= 0.3 is 5.97 Å². The standard InChI is InChI=1S/C11H11BrN2O4S/c1-7-9(12)5-8(11(15)16)6-10(7)19(17,18)14-4-2-3-13/h5-6,14H,2,4H2,1H3,(H,15,16). The van der Waals surface area contributed by atoms with Gasteiger partial charge < -0.3 is 5.11 Å². The fraction of sp³-hybridized carbons (Fsp3) is 0.273. The highest BCUT2D eigenvalue weighted by Crippen LogP contribution is 2.25. The van der Waals surface area contributed by atoms with Crippen molar-refractivity contribution in [2.45, 2.75) is 18.2 Å². The third kappa shape index (κ3) is 3.76. The quantitative estimate of drug-likeness (QED) is 0.788. The molecule has 0 aromatic heterocycles. The Bertz CT molecular complexity index is 649. The van der Waals surface area contributed by atoms with E-state index >= 15 is 0 Å². The molecule has 1 aromatic carbocycles. The number of sulfonamides is 1. The Morgan fingerprint density at radius 2 is 2.16 bits per heavy atom. The third-order valence-electron chi connectivity index (χ3n) is 2.36. The van der Waals surface area contributed by atoms with Crippen molar-refractivity contribution in [3.05, 3.63) is 27.7 Å². The maximum Gasteiger partial charge on any atom is 0.335 e. The molecule has 0 radical (unpaired) electrons. The zero-order valence-electron chi connectivity index (χ0n) is 9.97. The first-order valence-corrected chi connectivity index (χ1v) is 7.47. The van der Waals surface area contributed by atoms with Crippen LogP contribution in [-0.2, 0) is 10.0 Å². The lowest BCUT2D eigenvalue weighted by Gasteiger charge is -2.11. The molecule has 0 saturated heterocycles. The molecule has 1 rings (SSSR count).